The molecule has 1 fully saturated rings. The molecule has 0 radical (unpaired) electrons. The summed E-state index contributed by atoms with van der Waals surface area (Å²) < 4.78 is 12.7. The predicted molar refractivity (Wildman–Crippen MR) is 144 cm³/mol. The van der Waals surface area contributed by atoms with E-state index in [4.69, 9.17) is 9.15 Å². The van der Waals surface area contributed by atoms with E-state index in [9.17, 15) is 29.4 Å². The van der Waals surface area contributed by atoms with Gasteiger partial charge in [0.05, 0.1) is 19.6 Å². The van der Waals surface area contributed by atoms with Crippen LogP contribution in [0, 0.1) is 12.8 Å². The molecular weight excluding hydrogens is 518 g/mol. The number of nitrogens with one attached hydrogen (secondary N) is 1. The van der Waals surface area contributed by atoms with Crippen molar-refractivity contribution in [2.24, 2.45) is 5.92 Å². The molecule has 2 aliphatic rings. The molecule has 3 aromatic rings. The number of piperidine rings is 1. The number of rotatable bonds is 7. The highest BCUT2D eigenvalue weighted by Gasteiger charge is 2.36. The number of carbonyl (C=O) groups excluding carboxylic acids is 2. The Kier molecular flexibility index (Phi) is 7.38. The molecule has 1 aromatic carbocycles. The predicted octanol–water partition coefficient (Wildman–Crippen LogP) is 1.81. The average Bonchev–Trinajstić information content (AvgIpc) is 2.93. The molecule has 2 amide bonds. The minimum atomic E-state index is -0.902. The molecule has 2 aromatic heterocycles. The minimum absolute atomic E-state index is 0.0319. The van der Waals surface area contributed by atoms with Crippen molar-refractivity contribution >= 4 is 11.8 Å². The summed E-state index contributed by atoms with van der Waals surface area (Å²) >= 11 is 0. The molecule has 40 heavy (non-hydrogen) atoms. The quantitative estimate of drug-likeness (QED) is 0.404. The first kappa shape index (κ1) is 27.0. The Bertz CT molecular complexity index is 1580. The highest BCUT2D eigenvalue weighted by molar-refractivity contribution is 5.85. The lowest BCUT2D eigenvalue weighted by Gasteiger charge is -2.42. The van der Waals surface area contributed by atoms with Gasteiger partial charge in [-0.05, 0) is 43.0 Å². The van der Waals surface area contributed by atoms with E-state index >= 15 is 0 Å². The molecule has 210 valence electrons. The summed E-state index contributed by atoms with van der Waals surface area (Å²) in [6.07, 6.45) is 0.658. The Balaban J connectivity index is 1.31. The summed E-state index contributed by atoms with van der Waals surface area (Å²) in [7, 11) is 1.38. The number of hydrogen-bond donors (Lipinski definition) is 3. The maximum Gasteiger partial charge on any atom is 0.250 e. The van der Waals surface area contributed by atoms with Crippen LogP contribution in [0.3, 0.4) is 0 Å². The van der Waals surface area contributed by atoms with E-state index in [1.165, 1.54) is 19.2 Å². The Morgan fingerprint density at radius 1 is 1.12 bits per heavy atom. The zero-order valence-electron chi connectivity index (χ0n) is 22.3. The van der Waals surface area contributed by atoms with Crippen molar-refractivity contribution in [2.45, 2.75) is 38.1 Å². The second-order valence-corrected chi connectivity index (χ2v) is 10.4. The van der Waals surface area contributed by atoms with Crippen molar-refractivity contribution in [3.8, 4) is 17.2 Å². The molecule has 2 aliphatic heterocycles. The Morgan fingerprint density at radius 2 is 1.93 bits per heavy atom. The fourth-order valence-electron chi connectivity index (χ4n) is 5.78. The number of hydrogen-bond acceptors (Lipinski definition) is 8. The average molecular weight is 550 g/mol. The van der Waals surface area contributed by atoms with Crippen LogP contribution >= 0.6 is 0 Å². The molecule has 0 saturated carbocycles. The summed E-state index contributed by atoms with van der Waals surface area (Å²) in [6, 6.07) is 10.8. The number of benzene rings is 1. The number of carbonyl (C=O) groups is 2. The number of nitrogens with zero attached hydrogens (tertiary/aromatic N) is 2. The summed E-state index contributed by atoms with van der Waals surface area (Å²) in [5, 5.41) is 23.2. The molecule has 5 rings (SSSR count). The largest absolute Gasteiger partial charge is 0.504 e. The van der Waals surface area contributed by atoms with Gasteiger partial charge >= 0.3 is 0 Å². The number of methoxy groups -OCH3 is 1. The first-order valence-electron chi connectivity index (χ1n) is 13.1. The first-order chi connectivity index (χ1) is 19.1. The number of pyridine rings is 1. The molecule has 3 N–H and O–H groups in total. The number of amides is 2. The van der Waals surface area contributed by atoms with Crippen molar-refractivity contribution in [1.29, 1.82) is 0 Å². The van der Waals surface area contributed by atoms with Gasteiger partial charge in [-0.3, -0.25) is 19.2 Å². The van der Waals surface area contributed by atoms with Crippen LogP contribution in [-0.2, 0) is 16.1 Å². The van der Waals surface area contributed by atoms with Crippen LogP contribution in [0.5, 0.6) is 17.2 Å². The van der Waals surface area contributed by atoms with Gasteiger partial charge in [0.1, 0.15) is 5.76 Å². The van der Waals surface area contributed by atoms with Gasteiger partial charge in [0, 0.05) is 49.8 Å². The summed E-state index contributed by atoms with van der Waals surface area (Å²) in [6.45, 7) is 2.86. The zero-order chi connectivity index (χ0) is 28.6. The third-order valence-corrected chi connectivity index (χ3v) is 7.65. The maximum absolute atomic E-state index is 13.1. The van der Waals surface area contributed by atoms with Gasteiger partial charge in [-0.1, -0.05) is 12.1 Å². The maximum atomic E-state index is 13.1. The highest BCUT2D eigenvalue weighted by Crippen LogP contribution is 2.37. The Hall–Kier alpha value is -4.54. The molecule has 0 aliphatic carbocycles. The van der Waals surface area contributed by atoms with Gasteiger partial charge in [0.2, 0.25) is 23.0 Å². The molecule has 0 spiro atoms. The number of aromatic hydroxyl groups is 2. The third kappa shape index (κ3) is 5.31. The van der Waals surface area contributed by atoms with Gasteiger partial charge in [-0.25, -0.2) is 0 Å². The SMILES string of the molecule is COc1cc(C(CC(=O)NCC(=O)N2C[C@@H]3C[C@H](C2)c2cccc(=O)n2C3)c2oc(C)cc(=O)c2O)ccc1O. The number of aryl methyl sites for hydroxylation is 1. The smallest absolute Gasteiger partial charge is 0.250 e. The van der Waals surface area contributed by atoms with Gasteiger partial charge in [0.15, 0.2) is 17.3 Å². The summed E-state index contributed by atoms with van der Waals surface area (Å²) in [4.78, 5) is 52.5. The molecule has 3 atom stereocenters. The van der Waals surface area contributed by atoms with Crippen LogP contribution in [0.15, 0.2) is 56.5 Å². The standard InChI is InChI=1S/C29H31N3O8/c1-16-8-23(34)28(38)29(40-16)20(18-6-7-22(33)24(10-18)39-2)11-25(35)30-12-27(37)31-13-17-9-19(15-31)21-4-3-5-26(36)32(21)14-17/h3-8,10,17,19-20,33,38H,9,11-15H2,1-2H3,(H,30,35)/t17-,19+,20?/m0/s1. The monoisotopic (exact) mass is 549 g/mol. The summed E-state index contributed by atoms with van der Waals surface area (Å²) in [5.74, 6) is -1.85. The van der Waals surface area contributed by atoms with Gasteiger partial charge in [-0.2, -0.15) is 0 Å². The molecule has 1 saturated heterocycles. The molecule has 11 nitrogen and oxygen atoms in total. The van der Waals surface area contributed by atoms with Crippen LogP contribution in [0.2, 0.25) is 0 Å². The van der Waals surface area contributed by atoms with E-state index in [-0.39, 0.29) is 59.3 Å². The first-order valence-corrected chi connectivity index (χ1v) is 13.1. The van der Waals surface area contributed by atoms with E-state index in [2.05, 4.69) is 5.32 Å². The van der Waals surface area contributed by atoms with Crippen LogP contribution in [-0.4, -0.2) is 58.2 Å². The van der Waals surface area contributed by atoms with Gasteiger partial charge in [-0.15, -0.1) is 0 Å². The van der Waals surface area contributed by atoms with E-state index in [0.717, 1.165) is 18.2 Å². The van der Waals surface area contributed by atoms with Crippen molar-refractivity contribution in [2.75, 3.05) is 26.7 Å². The molecule has 1 unspecified atom stereocenters. The topological polar surface area (TPSA) is 151 Å². The minimum Gasteiger partial charge on any atom is -0.504 e. The Labute approximate surface area is 229 Å². The molecule has 11 heteroatoms. The second-order valence-electron chi connectivity index (χ2n) is 10.4. The highest BCUT2D eigenvalue weighted by atomic mass is 16.5. The van der Waals surface area contributed by atoms with Crippen molar-refractivity contribution in [3.05, 3.63) is 85.8 Å². The van der Waals surface area contributed by atoms with Crippen molar-refractivity contribution < 1.29 is 29.0 Å². The summed E-state index contributed by atoms with van der Waals surface area (Å²) in [5.41, 5.74) is 0.704. The number of aromatic nitrogens is 1. The molecule has 4 heterocycles. The lowest BCUT2D eigenvalue weighted by Crippen LogP contribution is -2.51. The van der Waals surface area contributed by atoms with E-state index in [1.807, 2.05) is 6.07 Å². The number of phenolic OH excluding ortho intramolecular Hbond substituents is 1. The second kappa shape index (κ2) is 10.9. The lowest BCUT2D eigenvalue weighted by molar-refractivity contribution is -0.135. The van der Waals surface area contributed by atoms with Crippen LogP contribution in [0.25, 0.3) is 0 Å². The van der Waals surface area contributed by atoms with Crippen LogP contribution < -0.4 is 21.0 Å². The number of ether oxygens (including phenoxy) is 1. The van der Waals surface area contributed by atoms with Crippen molar-refractivity contribution in [3.63, 3.8) is 0 Å². The third-order valence-electron chi connectivity index (χ3n) is 7.65. The number of phenols is 1. The number of fused-ring (bicyclic) bond motifs is 4. The van der Waals surface area contributed by atoms with E-state index in [0.29, 0.717) is 25.2 Å². The van der Waals surface area contributed by atoms with Gasteiger partial charge < -0.3 is 34.2 Å². The van der Waals surface area contributed by atoms with Crippen LogP contribution in [0.1, 0.15) is 47.5 Å². The fraction of sp³-hybridized carbons (Fsp3) is 0.379. The molecular formula is C29H31N3O8. The van der Waals surface area contributed by atoms with E-state index in [1.54, 1.807) is 34.6 Å². The van der Waals surface area contributed by atoms with E-state index < -0.39 is 23.0 Å². The zero-order valence-corrected chi connectivity index (χ0v) is 22.3. The fourth-order valence-corrected chi connectivity index (χ4v) is 5.78. The van der Waals surface area contributed by atoms with Crippen LogP contribution in [0.4, 0.5) is 0 Å². The molecule has 2 bridgehead atoms. The Morgan fingerprint density at radius 3 is 2.70 bits per heavy atom. The van der Waals surface area contributed by atoms with Gasteiger partial charge in [0.25, 0.3) is 5.56 Å². The van der Waals surface area contributed by atoms with Crippen molar-refractivity contribution in [1.82, 2.24) is 14.8 Å². The normalized spacial score (nSPS) is 18.5. The lowest BCUT2D eigenvalue weighted by atomic mass is 9.83. The number of likely N-dealkylation sites (tertiary alicyclic amines) is 1.